The first kappa shape index (κ1) is 10.7. The summed E-state index contributed by atoms with van der Waals surface area (Å²) < 4.78 is 0. The summed E-state index contributed by atoms with van der Waals surface area (Å²) in [4.78, 5) is 8.00. The van der Waals surface area contributed by atoms with Gasteiger partial charge in [0.15, 0.2) is 0 Å². The van der Waals surface area contributed by atoms with Crippen molar-refractivity contribution in [2.24, 2.45) is 0 Å². The fourth-order valence-electron chi connectivity index (χ4n) is 0.857. The Labute approximate surface area is 71.3 Å². The zero-order valence-electron chi connectivity index (χ0n) is 6.95. The van der Waals surface area contributed by atoms with Crippen LogP contribution in [0.3, 0.4) is 0 Å². The van der Waals surface area contributed by atoms with Crippen LogP contribution in [0.4, 0.5) is 0 Å². The molecule has 0 saturated heterocycles. The quantitative estimate of drug-likeness (QED) is 0.658. The SMILES string of the molecule is C=O.Cc1cc(O)ccc1CO. The minimum Gasteiger partial charge on any atom is -0.508 e. The average molecular weight is 168 g/mol. The number of phenolic OH excluding ortho intramolecular Hbond substituents is 1. The molecule has 0 aliphatic carbocycles. The molecule has 0 bridgehead atoms. The molecule has 0 aromatic heterocycles. The van der Waals surface area contributed by atoms with Crippen LogP contribution in [0.2, 0.25) is 0 Å². The van der Waals surface area contributed by atoms with E-state index in [0.29, 0.717) is 0 Å². The largest absolute Gasteiger partial charge is 0.508 e. The van der Waals surface area contributed by atoms with Gasteiger partial charge in [-0.25, -0.2) is 0 Å². The van der Waals surface area contributed by atoms with E-state index in [1.807, 2.05) is 13.7 Å². The van der Waals surface area contributed by atoms with E-state index in [1.165, 1.54) is 0 Å². The molecule has 0 spiro atoms. The zero-order chi connectivity index (χ0) is 9.56. The van der Waals surface area contributed by atoms with Gasteiger partial charge in [-0.05, 0) is 30.2 Å². The van der Waals surface area contributed by atoms with Gasteiger partial charge in [0.25, 0.3) is 0 Å². The molecule has 0 atom stereocenters. The first-order chi connectivity index (χ1) is 5.74. The Hall–Kier alpha value is -1.35. The van der Waals surface area contributed by atoms with Gasteiger partial charge < -0.3 is 15.0 Å². The Kier molecular flexibility index (Phi) is 4.72. The van der Waals surface area contributed by atoms with Gasteiger partial charge >= 0.3 is 0 Å². The lowest BCUT2D eigenvalue weighted by molar-refractivity contribution is -0.0979. The second kappa shape index (κ2) is 5.32. The normalized spacial score (nSPS) is 8.50. The molecule has 0 saturated carbocycles. The number of rotatable bonds is 1. The minimum atomic E-state index is 0.0338. The molecular weight excluding hydrogens is 156 g/mol. The molecule has 0 aliphatic rings. The highest BCUT2D eigenvalue weighted by Gasteiger charge is 1.95. The maximum absolute atomic E-state index is 8.95. The van der Waals surface area contributed by atoms with E-state index in [1.54, 1.807) is 18.2 Å². The van der Waals surface area contributed by atoms with Crippen LogP contribution in [0.5, 0.6) is 5.75 Å². The summed E-state index contributed by atoms with van der Waals surface area (Å²) in [5, 5.41) is 17.7. The van der Waals surface area contributed by atoms with Gasteiger partial charge in [-0.2, -0.15) is 0 Å². The van der Waals surface area contributed by atoms with E-state index in [0.717, 1.165) is 11.1 Å². The van der Waals surface area contributed by atoms with Gasteiger partial charge in [0.05, 0.1) is 6.61 Å². The molecule has 1 aromatic rings. The molecule has 1 aromatic carbocycles. The Morgan fingerprint density at radius 2 is 2.00 bits per heavy atom. The molecular formula is C9H12O3. The van der Waals surface area contributed by atoms with Crippen LogP contribution in [-0.2, 0) is 11.4 Å². The number of benzene rings is 1. The van der Waals surface area contributed by atoms with Crippen LogP contribution in [0.25, 0.3) is 0 Å². The van der Waals surface area contributed by atoms with Crippen LogP contribution in [0.1, 0.15) is 11.1 Å². The van der Waals surface area contributed by atoms with E-state index in [9.17, 15) is 0 Å². The van der Waals surface area contributed by atoms with Gasteiger partial charge in [-0.15, -0.1) is 0 Å². The van der Waals surface area contributed by atoms with Crippen molar-refractivity contribution in [3.8, 4) is 5.75 Å². The monoisotopic (exact) mass is 168 g/mol. The first-order valence-corrected chi connectivity index (χ1v) is 3.42. The van der Waals surface area contributed by atoms with Crippen molar-refractivity contribution in [3.63, 3.8) is 0 Å². The number of aryl methyl sites for hydroxylation is 1. The predicted molar refractivity (Wildman–Crippen MR) is 45.9 cm³/mol. The van der Waals surface area contributed by atoms with E-state index in [2.05, 4.69) is 0 Å². The van der Waals surface area contributed by atoms with Crippen molar-refractivity contribution in [3.05, 3.63) is 29.3 Å². The molecule has 0 heterocycles. The van der Waals surface area contributed by atoms with E-state index >= 15 is 0 Å². The predicted octanol–water partition coefficient (Wildman–Crippen LogP) is 1.01. The number of carbonyl (C=O) groups excluding carboxylic acids is 1. The molecule has 3 heteroatoms. The number of carbonyl (C=O) groups is 1. The number of phenols is 1. The van der Waals surface area contributed by atoms with Gasteiger partial charge in [0.1, 0.15) is 12.5 Å². The highest BCUT2D eigenvalue weighted by Crippen LogP contribution is 2.14. The van der Waals surface area contributed by atoms with Gasteiger partial charge in [-0.3, -0.25) is 0 Å². The highest BCUT2D eigenvalue weighted by atomic mass is 16.3. The summed E-state index contributed by atoms with van der Waals surface area (Å²) in [5.74, 6) is 0.245. The van der Waals surface area contributed by atoms with Crippen LogP contribution in [0, 0.1) is 6.92 Å². The first-order valence-electron chi connectivity index (χ1n) is 3.42. The van der Waals surface area contributed by atoms with Crippen molar-refractivity contribution in [2.75, 3.05) is 0 Å². The number of aliphatic hydroxyl groups is 1. The molecule has 0 aliphatic heterocycles. The molecule has 0 unspecified atom stereocenters. The number of hydrogen-bond donors (Lipinski definition) is 2. The van der Waals surface area contributed by atoms with Crippen molar-refractivity contribution < 1.29 is 15.0 Å². The Bertz CT molecular complexity index is 246. The van der Waals surface area contributed by atoms with E-state index in [4.69, 9.17) is 15.0 Å². The second-order valence-corrected chi connectivity index (χ2v) is 2.27. The Morgan fingerprint density at radius 3 is 2.42 bits per heavy atom. The maximum Gasteiger partial charge on any atom is 0.115 e. The van der Waals surface area contributed by atoms with Crippen molar-refractivity contribution in [1.82, 2.24) is 0 Å². The minimum absolute atomic E-state index is 0.0338. The molecule has 1 rings (SSSR count). The summed E-state index contributed by atoms with van der Waals surface area (Å²) in [6, 6.07) is 4.91. The summed E-state index contributed by atoms with van der Waals surface area (Å²) in [5.41, 5.74) is 1.78. The Balaban J connectivity index is 0.000000561. The average Bonchev–Trinajstić information content (AvgIpc) is 2.08. The Morgan fingerprint density at radius 1 is 1.42 bits per heavy atom. The lowest BCUT2D eigenvalue weighted by Crippen LogP contribution is -1.86. The van der Waals surface area contributed by atoms with E-state index in [-0.39, 0.29) is 12.4 Å². The number of aromatic hydroxyl groups is 1. The molecule has 0 fully saturated rings. The highest BCUT2D eigenvalue weighted by molar-refractivity contribution is 5.33. The second-order valence-electron chi connectivity index (χ2n) is 2.27. The lowest BCUT2D eigenvalue weighted by atomic mass is 10.1. The topological polar surface area (TPSA) is 57.5 Å². The smallest absolute Gasteiger partial charge is 0.115 e. The van der Waals surface area contributed by atoms with E-state index < -0.39 is 0 Å². The van der Waals surface area contributed by atoms with Crippen molar-refractivity contribution in [2.45, 2.75) is 13.5 Å². The third kappa shape index (κ3) is 2.72. The molecule has 0 radical (unpaired) electrons. The molecule has 2 N–H and O–H groups in total. The van der Waals surface area contributed by atoms with Gasteiger partial charge in [-0.1, -0.05) is 6.07 Å². The van der Waals surface area contributed by atoms with Crippen LogP contribution in [0.15, 0.2) is 18.2 Å². The van der Waals surface area contributed by atoms with Gasteiger partial charge in [0.2, 0.25) is 0 Å². The van der Waals surface area contributed by atoms with Crippen LogP contribution >= 0.6 is 0 Å². The zero-order valence-corrected chi connectivity index (χ0v) is 6.95. The molecule has 12 heavy (non-hydrogen) atoms. The van der Waals surface area contributed by atoms with Crippen molar-refractivity contribution >= 4 is 6.79 Å². The molecule has 3 nitrogen and oxygen atoms in total. The fourth-order valence-corrected chi connectivity index (χ4v) is 0.857. The van der Waals surface area contributed by atoms with Crippen LogP contribution < -0.4 is 0 Å². The molecule has 0 amide bonds. The lowest BCUT2D eigenvalue weighted by Gasteiger charge is -2.00. The fraction of sp³-hybridized carbons (Fsp3) is 0.222. The third-order valence-electron chi connectivity index (χ3n) is 1.50. The number of aliphatic hydroxyl groups excluding tert-OH is 1. The maximum atomic E-state index is 8.95. The van der Waals surface area contributed by atoms with Crippen LogP contribution in [-0.4, -0.2) is 17.0 Å². The summed E-state index contributed by atoms with van der Waals surface area (Å²) in [6.07, 6.45) is 0. The van der Waals surface area contributed by atoms with Gasteiger partial charge in [0, 0.05) is 0 Å². The summed E-state index contributed by atoms with van der Waals surface area (Å²) in [6.45, 7) is 3.89. The van der Waals surface area contributed by atoms with Crippen molar-refractivity contribution in [1.29, 1.82) is 0 Å². The summed E-state index contributed by atoms with van der Waals surface area (Å²) >= 11 is 0. The third-order valence-corrected chi connectivity index (χ3v) is 1.50. The summed E-state index contributed by atoms with van der Waals surface area (Å²) in [7, 11) is 0. The number of hydrogen-bond acceptors (Lipinski definition) is 3. The standard InChI is InChI=1S/C8H10O2.CH2O/c1-6-4-8(10)3-2-7(6)5-9;1-2/h2-4,9-10H,5H2,1H3;1H2. The molecule has 66 valence electrons.